The van der Waals surface area contributed by atoms with E-state index in [9.17, 15) is 0 Å². The van der Waals surface area contributed by atoms with Crippen molar-refractivity contribution in [2.45, 2.75) is 19.8 Å². The van der Waals surface area contributed by atoms with Crippen LogP contribution in [0.25, 0.3) is 28.3 Å². The number of hydrogen-bond acceptors (Lipinski definition) is 3. The van der Waals surface area contributed by atoms with Crippen LogP contribution >= 0.6 is 0 Å². The van der Waals surface area contributed by atoms with Gasteiger partial charge in [0.25, 0.3) is 0 Å². The number of rotatable bonds is 3. The summed E-state index contributed by atoms with van der Waals surface area (Å²) in [5.74, 6) is 2.16. The molecular formula is C22H19N3. The van der Waals surface area contributed by atoms with Crippen molar-refractivity contribution >= 4 is 5.57 Å². The molecule has 0 fully saturated rings. The van der Waals surface area contributed by atoms with Gasteiger partial charge in [-0.2, -0.15) is 0 Å². The lowest BCUT2D eigenvalue weighted by molar-refractivity contribution is 1.01. The molecule has 0 spiro atoms. The SMILES string of the molecule is Cc1cccc(-c2nc(C3=CCCC=C3)nc(-c3ccccc3)n2)c1. The molecule has 25 heavy (non-hydrogen) atoms. The molecule has 0 atom stereocenters. The molecule has 0 bridgehead atoms. The Morgan fingerprint density at radius 3 is 2.16 bits per heavy atom. The zero-order valence-corrected chi connectivity index (χ0v) is 14.2. The van der Waals surface area contributed by atoms with Crippen LogP contribution in [0.15, 0.2) is 72.8 Å². The van der Waals surface area contributed by atoms with Gasteiger partial charge in [0.15, 0.2) is 17.5 Å². The fraction of sp³-hybridized carbons (Fsp3) is 0.136. The van der Waals surface area contributed by atoms with Crippen molar-refractivity contribution in [3.05, 3.63) is 84.2 Å². The molecule has 3 nitrogen and oxygen atoms in total. The quantitative estimate of drug-likeness (QED) is 0.660. The number of aromatic nitrogens is 3. The molecule has 0 saturated heterocycles. The van der Waals surface area contributed by atoms with E-state index in [0.29, 0.717) is 11.6 Å². The lowest BCUT2D eigenvalue weighted by Crippen LogP contribution is -2.03. The third-order valence-corrected chi connectivity index (χ3v) is 4.20. The predicted octanol–water partition coefficient (Wildman–Crippen LogP) is 5.25. The van der Waals surface area contributed by atoms with Crippen molar-refractivity contribution in [3.63, 3.8) is 0 Å². The number of hydrogen-bond donors (Lipinski definition) is 0. The third kappa shape index (κ3) is 3.41. The smallest absolute Gasteiger partial charge is 0.164 e. The first-order valence-electron chi connectivity index (χ1n) is 8.55. The summed E-state index contributed by atoms with van der Waals surface area (Å²) in [5, 5.41) is 0. The summed E-state index contributed by atoms with van der Waals surface area (Å²) < 4.78 is 0. The van der Waals surface area contributed by atoms with Gasteiger partial charge in [0.05, 0.1) is 0 Å². The van der Waals surface area contributed by atoms with Crippen molar-refractivity contribution < 1.29 is 0 Å². The molecule has 4 rings (SSSR count). The third-order valence-electron chi connectivity index (χ3n) is 4.20. The van der Waals surface area contributed by atoms with Crippen molar-refractivity contribution in [2.75, 3.05) is 0 Å². The first-order valence-corrected chi connectivity index (χ1v) is 8.55. The van der Waals surface area contributed by atoms with Gasteiger partial charge < -0.3 is 0 Å². The molecule has 1 heterocycles. The fourth-order valence-corrected chi connectivity index (χ4v) is 2.91. The van der Waals surface area contributed by atoms with Gasteiger partial charge in [-0.05, 0) is 25.8 Å². The molecule has 0 N–H and O–H groups in total. The lowest BCUT2D eigenvalue weighted by atomic mass is 10.1. The van der Waals surface area contributed by atoms with E-state index in [4.69, 9.17) is 15.0 Å². The average Bonchev–Trinajstić information content (AvgIpc) is 2.69. The molecular weight excluding hydrogens is 306 g/mol. The Labute approximate surface area is 147 Å². The first kappa shape index (κ1) is 15.5. The minimum atomic E-state index is 0.710. The number of benzene rings is 2. The summed E-state index contributed by atoms with van der Waals surface area (Å²) >= 11 is 0. The monoisotopic (exact) mass is 325 g/mol. The Bertz CT molecular complexity index is 956. The molecule has 0 amide bonds. The first-order chi connectivity index (χ1) is 12.3. The van der Waals surface area contributed by atoms with Crippen LogP contribution in [0.1, 0.15) is 24.2 Å². The van der Waals surface area contributed by atoms with E-state index in [1.54, 1.807) is 0 Å². The summed E-state index contributed by atoms with van der Waals surface area (Å²) in [6.45, 7) is 2.08. The summed E-state index contributed by atoms with van der Waals surface area (Å²) in [4.78, 5) is 14.2. The molecule has 1 aliphatic carbocycles. The highest BCUT2D eigenvalue weighted by atomic mass is 15.0. The summed E-state index contributed by atoms with van der Waals surface area (Å²) in [6, 6.07) is 18.3. The van der Waals surface area contributed by atoms with E-state index >= 15 is 0 Å². The predicted molar refractivity (Wildman–Crippen MR) is 102 cm³/mol. The average molecular weight is 325 g/mol. The standard InChI is InChI=1S/C22H19N3/c1-16-9-8-14-19(15-16)22-24-20(17-10-4-2-5-11-17)23-21(25-22)18-12-6-3-7-13-18/h2,4-6,8-15H,3,7H2,1H3. The topological polar surface area (TPSA) is 38.7 Å². The van der Waals surface area contributed by atoms with Gasteiger partial charge >= 0.3 is 0 Å². The number of nitrogens with zero attached hydrogens (tertiary/aromatic N) is 3. The van der Waals surface area contributed by atoms with Crippen LogP contribution in [0.2, 0.25) is 0 Å². The van der Waals surface area contributed by atoms with Crippen molar-refractivity contribution in [1.29, 1.82) is 0 Å². The van der Waals surface area contributed by atoms with Crippen LogP contribution in [0.3, 0.4) is 0 Å². The van der Waals surface area contributed by atoms with E-state index in [0.717, 1.165) is 35.4 Å². The molecule has 0 radical (unpaired) electrons. The van der Waals surface area contributed by atoms with Gasteiger partial charge in [0.2, 0.25) is 0 Å². The fourth-order valence-electron chi connectivity index (χ4n) is 2.91. The van der Waals surface area contributed by atoms with Crippen LogP contribution < -0.4 is 0 Å². The molecule has 0 aliphatic heterocycles. The molecule has 3 aromatic rings. The molecule has 1 aromatic heterocycles. The van der Waals surface area contributed by atoms with Crippen LogP contribution in [0.5, 0.6) is 0 Å². The van der Waals surface area contributed by atoms with Crippen molar-refractivity contribution in [2.24, 2.45) is 0 Å². The second-order valence-electron chi connectivity index (χ2n) is 6.18. The Balaban J connectivity index is 1.89. The van der Waals surface area contributed by atoms with Gasteiger partial charge in [-0.25, -0.2) is 15.0 Å². The maximum Gasteiger partial charge on any atom is 0.164 e. The number of aryl methyl sites for hydroxylation is 1. The second-order valence-corrected chi connectivity index (χ2v) is 6.18. The lowest BCUT2D eigenvalue weighted by Gasteiger charge is -2.10. The number of allylic oxidation sites excluding steroid dienone is 4. The van der Waals surface area contributed by atoms with E-state index < -0.39 is 0 Å². The Kier molecular flexibility index (Phi) is 4.21. The van der Waals surface area contributed by atoms with Crippen LogP contribution in [0, 0.1) is 6.92 Å². The highest BCUT2D eigenvalue weighted by molar-refractivity contribution is 5.73. The highest BCUT2D eigenvalue weighted by Gasteiger charge is 2.13. The largest absolute Gasteiger partial charge is 0.208 e. The van der Waals surface area contributed by atoms with Gasteiger partial charge in [0.1, 0.15) is 0 Å². The summed E-state index contributed by atoms with van der Waals surface area (Å²) in [5.41, 5.74) is 4.28. The van der Waals surface area contributed by atoms with E-state index in [1.165, 1.54) is 5.56 Å². The van der Waals surface area contributed by atoms with Gasteiger partial charge in [0, 0.05) is 16.7 Å². The van der Waals surface area contributed by atoms with Gasteiger partial charge in [-0.1, -0.05) is 72.3 Å². The highest BCUT2D eigenvalue weighted by Crippen LogP contribution is 2.25. The molecule has 0 unspecified atom stereocenters. The maximum atomic E-state index is 4.75. The minimum Gasteiger partial charge on any atom is -0.208 e. The van der Waals surface area contributed by atoms with Crippen molar-refractivity contribution in [1.82, 2.24) is 15.0 Å². The van der Waals surface area contributed by atoms with Crippen LogP contribution in [-0.2, 0) is 0 Å². The minimum absolute atomic E-state index is 0.710. The van der Waals surface area contributed by atoms with E-state index in [2.05, 4.69) is 37.3 Å². The Morgan fingerprint density at radius 2 is 1.44 bits per heavy atom. The molecule has 1 aliphatic rings. The molecule has 2 aromatic carbocycles. The van der Waals surface area contributed by atoms with E-state index in [-0.39, 0.29) is 0 Å². The zero-order chi connectivity index (χ0) is 17.1. The van der Waals surface area contributed by atoms with Crippen molar-refractivity contribution in [3.8, 4) is 22.8 Å². The van der Waals surface area contributed by atoms with E-state index in [1.807, 2.05) is 42.5 Å². The Morgan fingerprint density at radius 1 is 0.720 bits per heavy atom. The van der Waals surface area contributed by atoms with Gasteiger partial charge in [-0.15, -0.1) is 0 Å². The normalized spacial score (nSPS) is 13.6. The summed E-state index contributed by atoms with van der Waals surface area (Å²) in [7, 11) is 0. The molecule has 3 heteroatoms. The van der Waals surface area contributed by atoms with Gasteiger partial charge in [-0.3, -0.25) is 0 Å². The molecule has 0 saturated carbocycles. The Hall–Kier alpha value is -3.07. The summed E-state index contributed by atoms with van der Waals surface area (Å²) in [6.07, 6.45) is 8.58. The molecule has 122 valence electrons. The second kappa shape index (κ2) is 6.81. The maximum absolute atomic E-state index is 4.75. The zero-order valence-electron chi connectivity index (χ0n) is 14.2. The van der Waals surface area contributed by atoms with Crippen LogP contribution in [-0.4, -0.2) is 15.0 Å². The van der Waals surface area contributed by atoms with Crippen LogP contribution in [0.4, 0.5) is 0 Å².